The van der Waals surface area contributed by atoms with Crippen molar-refractivity contribution in [3.63, 3.8) is 0 Å². The van der Waals surface area contributed by atoms with E-state index in [0.29, 0.717) is 31.4 Å². The van der Waals surface area contributed by atoms with Crippen LogP contribution in [0.25, 0.3) is 0 Å². The summed E-state index contributed by atoms with van der Waals surface area (Å²) in [6.07, 6.45) is 4.82. The van der Waals surface area contributed by atoms with Crippen molar-refractivity contribution in [2.45, 2.75) is 90.2 Å². The molecule has 1 saturated carbocycles. The van der Waals surface area contributed by atoms with Gasteiger partial charge in [-0.05, 0) is 68.6 Å². The van der Waals surface area contributed by atoms with E-state index in [2.05, 4.69) is 31.4 Å². The highest BCUT2D eigenvalue weighted by atomic mass is 17.3. The Hall–Kier alpha value is -1.71. The molecule has 1 aromatic carbocycles. The van der Waals surface area contributed by atoms with E-state index in [4.69, 9.17) is 24.0 Å². The molecule has 8 heteroatoms. The molecule has 35 heavy (non-hydrogen) atoms. The maximum Gasteiger partial charge on any atom is 0.319 e. The van der Waals surface area contributed by atoms with Crippen molar-refractivity contribution in [1.29, 1.82) is 0 Å². The number of carbonyl (C=O) groups is 1. The third kappa shape index (κ3) is 4.71. The van der Waals surface area contributed by atoms with Crippen LogP contribution in [0, 0.1) is 23.7 Å². The van der Waals surface area contributed by atoms with Crippen molar-refractivity contribution in [3.05, 3.63) is 29.8 Å². The van der Waals surface area contributed by atoms with Gasteiger partial charge >= 0.3 is 6.03 Å². The molecule has 194 valence electrons. The SMILES string of the molecule is CCc1ccc(NC(=O)NCCCO[C@H]2O[C@@H]3O[C@]4(C)CC[C@H]5[C@H](C)CC[C@@H]([C@H]2C)[C@@]35OO4)cc1. The lowest BCUT2D eigenvalue weighted by Crippen LogP contribution is -2.70. The molecule has 1 spiro atoms. The predicted octanol–water partition coefficient (Wildman–Crippen LogP) is 4.99. The first-order chi connectivity index (χ1) is 16.8. The monoisotopic (exact) mass is 488 g/mol. The van der Waals surface area contributed by atoms with Crippen LogP contribution in [0.2, 0.25) is 0 Å². The van der Waals surface area contributed by atoms with Crippen LogP contribution in [0.15, 0.2) is 24.3 Å². The summed E-state index contributed by atoms with van der Waals surface area (Å²) in [5.74, 6) is 0.504. The zero-order valence-electron chi connectivity index (χ0n) is 21.4. The number of anilines is 1. The number of fused-ring (bicyclic) bond motifs is 2. The van der Waals surface area contributed by atoms with Gasteiger partial charge in [0.2, 0.25) is 5.79 Å². The molecule has 2 bridgehead atoms. The van der Waals surface area contributed by atoms with Crippen LogP contribution < -0.4 is 10.6 Å². The minimum absolute atomic E-state index is 0.151. The number of hydrogen-bond donors (Lipinski definition) is 2. The summed E-state index contributed by atoms with van der Waals surface area (Å²) in [7, 11) is 0. The van der Waals surface area contributed by atoms with Gasteiger partial charge < -0.3 is 24.8 Å². The second kappa shape index (κ2) is 9.98. The quantitative estimate of drug-likeness (QED) is 0.416. The van der Waals surface area contributed by atoms with Gasteiger partial charge in [-0.15, -0.1) is 0 Å². The Balaban J connectivity index is 1.13. The van der Waals surface area contributed by atoms with Gasteiger partial charge in [-0.2, -0.15) is 0 Å². The average Bonchev–Trinajstić information content (AvgIpc) is 3.08. The minimum atomic E-state index is -0.781. The number of benzene rings is 1. The summed E-state index contributed by atoms with van der Waals surface area (Å²) >= 11 is 0. The first kappa shape index (κ1) is 25.0. The standard InChI is InChI=1S/C27H40N2O6/c1-5-19-8-10-20(11-9-19)29-25(30)28-15-6-16-31-23-18(3)22-12-7-17(2)21-13-14-26(4)33-24(32-23)27(21,22)35-34-26/h8-11,17-18,21-24H,5-7,12-16H2,1-4H3,(H2,28,29,30)/t17-,18-,21+,22+,23+,24-,26+,27-/m1/s1. The van der Waals surface area contributed by atoms with Crippen LogP contribution in [-0.2, 0) is 30.4 Å². The number of carbonyl (C=O) groups excluding carboxylic acids is 1. The van der Waals surface area contributed by atoms with Crippen LogP contribution in [0.4, 0.5) is 10.5 Å². The molecular formula is C27H40N2O6. The van der Waals surface area contributed by atoms with E-state index >= 15 is 0 Å². The maximum atomic E-state index is 12.2. The molecule has 6 rings (SSSR count). The molecule has 2 N–H and O–H groups in total. The third-order valence-corrected chi connectivity index (χ3v) is 8.61. The van der Waals surface area contributed by atoms with Crippen molar-refractivity contribution in [2.75, 3.05) is 18.5 Å². The number of amides is 2. The number of urea groups is 1. The first-order valence-corrected chi connectivity index (χ1v) is 13.3. The molecule has 4 saturated heterocycles. The van der Waals surface area contributed by atoms with E-state index in [-0.39, 0.29) is 24.2 Å². The van der Waals surface area contributed by atoms with Gasteiger partial charge in [0.15, 0.2) is 18.2 Å². The summed E-state index contributed by atoms with van der Waals surface area (Å²) in [5.41, 5.74) is 1.46. The number of rotatable bonds is 7. The zero-order chi connectivity index (χ0) is 24.6. The normalized spacial score (nSPS) is 40.0. The van der Waals surface area contributed by atoms with E-state index in [1.807, 2.05) is 31.2 Å². The lowest BCUT2D eigenvalue weighted by atomic mass is 9.58. The average molecular weight is 489 g/mol. The van der Waals surface area contributed by atoms with Gasteiger partial charge in [0.25, 0.3) is 0 Å². The van der Waals surface area contributed by atoms with E-state index in [1.165, 1.54) is 12.0 Å². The Bertz CT molecular complexity index is 896. The summed E-state index contributed by atoms with van der Waals surface area (Å²) in [4.78, 5) is 24.2. The third-order valence-electron chi connectivity index (χ3n) is 8.61. The highest BCUT2D eigenvalue weighted by Gasteiger charge is 2.69. The van der Waals surface area contributed by atoms with Gasteiger partial charge in [0, 0.05) is 30.5 Å². The molecule has 5 aliphatic rings. The fourth-order valence-corrected chi connectivity index (χ4v) is 6.54. The molecular weight excluding hydrogens is 448 g/mol. The van der Waals surface area contributed by atoms with Gasteiger partial charge in [-0.1, -0.05) is 32.9 Å². The molecule has 4 aliphatic heterocycles. The number of ether oxygens (including phenoxy) is 3. The van der Waals surface area contributed by atoms with Crippen LogP contribution in [0.1, 0.15) is 65.4 Å². The fourth-order valence-electron chi connectivity index (χ4n) is 6.54. The van der Waals surface area contributed by atoms with E-state index < -0.39 is 17.7 Å². The Labute approximate surface area is 208 Å². The fraction of sp³-hybridized carbons (Fsp3) is 0.741. The molecule has 1 aromatic rings. The molecule has 0 unspecified atom stereocenters. The van der Waals surface area contributed by atoms with Gasteiger partial charge in [-0.25, -0.2) is 14.6 Å². The number of hydrogen-bond acceptors (Lipinski definition) is 6. The minimum Gasteiger partial charge on any atom is -0.352 e. The zero-order valence-corrected chi connectivity index (χ0v) is 21.4. The summed E-state index contributed by atoms with van der Waals surface area (Å²) in [6, 6.07) is 7.67. The molecule has 5 fully saturated rings. The van der Waals surface area contributed by atoms with Gasteiger partial charge in [0.1, 0.15) is 0 Å². The summed E-state index contributed by atoms with van der Waals surface area (Å²) in [6.45, 7) is 9.54. The molecule has 2 amide bonds. The highest BCUT2D eigenvalue weighted by Crippen LogP contribution is 2.60. The van der Waals surface area contributed by atoms with Crippen LogP contribution >= 0.6 is 0 Å². The molecule has 4 heterocycles. The van der Waals surface area contributed by atoms with E-state index in [9.17, 15) is 4.79 Å². The topological polar surface area (TPSA) is 87.3 Å². The number of nitrogens with one attached hydrogen (secondary N) is 2. The molecule has 8 atom stereocenters. The maximum absolute atomic E-state index is 12.2. The molecule has 8 nitrogen and oxygen atoms in total. The van der Waals surface area contributed by atoms with Gasteiger partial charge in [0.05, 0.1) is 6.61 Å². The Morgan fingerprint density at radius 1 is 1.11 bits per heavy atom. The van der Waals surface area contributed by atoms with Gasteiger partial charge in [-0.3, -0.25) is 0 Å². The van der Waals surface area contributed by atoms with Crippen LogP contribution in [-0.4, -0.2) is 43.2 Å². The lowest BCUT2D eigenvalue weighted by Gasteiger charge is -2.60. The smallest absolute Gasteiger partial charge is 0.319 e. The van der Waals surface area contributed by atoms with Crippen LogP contribution in [0.3, 0.4) is 0 Å². The lowest BCUT2D eigenvalue weighted by molar-refractivity contribution is -0.577. The summed E-state index contributed by atoms with van der Waals surface area (Å²) in [5, 5.41) is 5.76. The summed E-state index contributed by atoms with van der Waals surface area (Å²) < 4.78 is 19.0. The highest BCUT2D eigenvalue weighted by molar-refractivity contribution is 5.89. The van der Waals surface area contributed by atoms with Crippen molar-refractivity contribution in [3.8, 4) is 0 Å². The second-order valence-corrected chi connectivity index (χ2v) is 10.9. The van der Waals surface area contributed by atoms with Crippen molar-refractivity contribution < 1.29 is 28.8 Å². The second-order valence-electron chi connectivity index (χ2n) is 10.9. The number of aryl methyl sites for hydroxylation is 1. The van der Waals surface area contributed by atoms with E-state index in [1.54, 1.807) is 0 Å². The van der Waals surface area contributed by atoms with Crippen molar-refractivity contribution >= 4 is 11.7 Å². The largest absolute Gasteiger partial charge is 0.352 e. The molecule has 0 aromatic heterocycles. The Morgan fingerprint density at radius 3 is 2.69 bits per heavy atom. The van der Waals surface area contributed by atoms with Crippen LogP contribution in [0.5, 0.6) is 0 Å². The van der Waals surface area contributed by atoms with E-state index in [0.717, 1.165) is 31.4 Å². The van der Waals surface area contributed by atoms with Crippen molar-refractivity contribution in [1.82, 2.24) is 5.32 Å². The predicted molar refractivity (Wildman–Crippen MR) is 130 cm³/mol. The first-order valence-electron chi connectivity index (χ1n) is 13.3. The molecule has 1 aliphatic carbocycles. The molecule has 0 radical (unpaired) electrons. The Morgan fingerprint density at radius 2 is 1.91 bits per heavy atom. The van der Waals surface area contributed by atoms with Crippen molar-refractivity contribution in [2.24, 2.45) is 23.7 Å². The Kier molecular flexibility index (Phi) is 7.12.